The molecule has 3 aromatic heterocycles. The van der Waals surface area contributed by atoms with Crippen LogP contribution < -0.4 is 57.1 Å². The van der Waals surface area contributed by atoms with Crippen LogP contribution in [0.3, 0.4) is 0 Å². The van der Waals surface area contributed by atoms with Gasteiger partial charge in [-0.1, -0.05) is 197 Å². The number of hydrogen-bond donors (Lipinski definition) is 1. The average Bonchev–Trinajstić information content (AvgIpc) is 0.801. The number of aromatic nitrogens is 6. The number of nitro benzene ring substituents is 1. The zero-order chi connectivity index (χ0) is 91.0. The summed E-state index contributed by atoms with van der Waals surface area (Å²) in [5.41, 5.74) is 11.9. The topological polar surface area (TPSA) is 301 Å². The van der Waals surface area contributed by atoms with E-state index in [4.69, 9.17) is 47.0 Å². The molecule has 0 unspecified atom stereocenters. The van der Waals surface area contributed by atoms with E-state index in [0.29, 0.717) is 53.6 Å². The number of nitrogens with zero attached hydrogens (tertiary/aromatic N) is 12. The SMILES string of the molecule is C.C.C.C.C#Cc1ccccc1CC(=O)OC.COC(=O)Cc1ccccc1C#Cc1nc(Cc2ccc(C3CN([B]C=O)C3)cc2)ncc1C(F)(F)F.FC(F)(F)c1cnc(Cl)nc1Cl.Nc1ccc(C2CN([B]C=O)C2)cc1.O=C[B]N1CC(I)C1.O=C[B]N1CC(c2ccc(Cc3ncc(C(F)(F)F)c(Cl)n3)cc2)C1.O=C[B]N1CC(c2ccc([N+](=O)[O-])cc2)C1.[H-].[K+]. The molecule has 0 spiro atoms. The molecule has 5 radical (unpaired) electrons. The van der Waals surface area contributed by atoms with E-state index in [1.807, 2.05) is 103 Å². The van der Waals surface area contributed by atoms with E-state index < -0.39 is 62.1 Å². The summed E-state index contributed by atoms with van der Waals surface area (Å²) in [6.07, 6.45) is -1.80. The Hall–Kier alpha value is -9.10. The molecule has 0 atom stereocenters. The van der Waals surface area contributed by atoms with E-state index in [1.54, 1.807) is 57.3 Å². The van der Waals surface area contributed by atoms with E-state index in [0.717, 1.165) is 151 Å². The van der Waals surface area contributed by atoms with Crippen molar-refractivity contribution in [3.63, 3.8) is 0 Å². The van der Waals surface area contributed by atoms with Crippen LogP contribution in [-0.2, 0) is 87.2 Å². The Bertz CT molecular complexity index is 5270. The van der Waals surface area contributed by atoms with Gasteiger partial charge in [0.2, 0.25) is 5.28 Å². The number of ether oxygens (including phenoxy) is 2. The van der Waals surface area contributed by atoms with Crippen LogP contribution in [0.1, 0.15) is 144 Å². The molecule has 2 N–H and O–H groups in total. The quantitative estimate of drug-likeness (QED) is 0.00506. The number of carbonyl (C=O) groups excluding carboxylic acids is 7. The Morgan fingerprint density at radius 2 is 0.823 bits per heavy atom. The van der Waals surface area contributed by atoms with Crippen LogP contribution in [-0.4, -0.2) is 222 Å². The molecule has 8 heterocycles. The Morgan fingerprint density at radius 3 is 1.16 bits per heavy atom. The Kier molecular flexibility index (Phi) is 50.2. The second-order valence-corrected chi connectivity index (χ2v) is 30.8. The largest absolute Gasteiger partial charge is 1.00 e. The number of alkyl halides is 10. The normalized spacial score (nSPS) is 14.2. The summed E-state index contributed by atoms with van der Waals surface area (Å²) < 4.78 is 125. The van der Waals surface area contributed by atoms with Crippen molar-refractivity contribution in [3.05, 3.63) is 280 Å². The monoisotopic (exact) mass is 1990 g/mol. The Balaban J connectivity index is 0.000000542. The van der Waals surface area contributed by atoms with E-state index in [2.05, 4.69) is 91.9 Å². The second kappa shape index (κ2) is 56.7. The molecular formula is C87H91B5Cl3F9IKN13O11. The number of carbonyl (C=O) groups is 7. The van der Waals surface area contributed by atoms with E-state index in [1.165, 1.54) is 54.2 Å². The number of nitro groups is 1. The number of nitrogens with two attached hydrogens (primary N) is 1. The van der Waals surface area contributed by atoms with Gasteiger partial charge in [0.25, 0.3) is 42.8 Å². The van der Waals surface area contributed by atoms with Crippen molar-refractivity contribution in [1.29, 1.82) is 0 Å². The Morgan fingerprint density at radius 1 is 0.500 bits per heavy atom. The standard InChI is InChI=1S/C27H22BF3N3O3.C16H13BClF3N3O.C11H10O2.C10H10BN2O3.C10H12BN2O.C5HCl2F3N2.C4H6BINO.4CH4.K.H/c1-37-26(36)13-21-5-3-2-4-19(21)10-11-24-23(27(29,30)31)14-32-25(33-24)12-18-6-8-20(9-7-18)22-15-34(16-22)28-17-35;18-15-13(16(19,20)21)6-22-14(23-15)5-10-1-3-11(4-2-10)12-7-24(8-12)17-9-25;1-3-9-6-4-5-7-10(9)8-11(12)13-2;14-7-11-12-5-9(6-12)8-1-3-10(4-2-8)13(15)16;12-10-3-1-8(2-4-10)9-5-13(6-9)11-7-14;6-3-2(5(8,9)10)1-11-4(7)12-3;6-4-1-7(2-4)5-3-8;;;;;;/h2-9,14,17,22H,12-13,15-16H2,1H3;1-4,6,9,12H,5,7-8H2;1,4-7H,8H2,2H3;1-4,7,9H,5-6H2;1-4,7,9H,5-6,12H2;1H;3-4H,1-2H2;4*1H4;;/q;;;;;;;;;;;+1;-1. The van der Waals surface area contributed by atoms with Gasteiger partial charge in [-0.3, -0.25) is 19.7 Å². The number of anilines is 1. The number of rotatable bonds is 23. The summed E-state index contributed by atoms with van der Waals surface area (Å²) in [6.45, 7) is 8.69. The maximum Gasteiger partial charge on any atom is 1.00 e. The predicted molar refractivity (Wildman–Crippen MR) is 494 cm³/mol. The maximum atomic E-state index is 13.6. The van der Waals surface area contributed by atoms with E-state index in [-0.39, 0.29) is 130 Å². The molecule has 130 heavy (non-hydrogen) atoms. The third-order valence-electron chi connectivity index (χ3n) is 19.4. The predicted octanol–water partition coefficient (Wildman–Crippen LogP) is 11.4. The van der Waals surface area contributed by atoms with E-state index >= 15 is 0 Å². The van der Waals surface area contributed by atoms with Gasteiger partial charge in [-0.25, -0.2) is 29.9 Å². The number of esters is 2. The third kappa shape index (κ3) is 36.8. The van der Waals surface area contributed by atoms with Crippen molar-refractivity contribution < 1.29 is 140 Å². The summed E-state index contributed by atoms with van der Waals surface area (Å²) in [5.74, 6) is 9.11. The maximum absolute atomic E-state index is 13.6. The molecule has 5 fully saturated rings. The summed E-state index contributed by atoms with van der Waals surface area (Å²) in [5, 5.41) is 8.86. The molecule has 14 rings (SSSR count). The fraction of sp³-hybridized carbons (Fsp3) is 0.322. The average molecular weight is 1990 g/mol. The minimum absolute atomic E-state index is 0. The number of hydrogen-bond acceptors (Lipinski definition) is 23. The van der Waals surface area contributed by atoms with Crippen molar-refractivity contribution in [3.8, 4) is 24.2 Å². The van der Waals surface area contributed by atoms with Crippen LogP contribution >= 0.6 is 57.4 Å². The zero-order valence-electron chi connectivity index (χ0n) is 68.6. The first kappa shape index (κ1) is 115. The van der Waals surface area contributed by atoms with Gasteiger partial charge >= 0.3 is 81.9 Å². The number of benzene rings is 6. The Labute approximate surface area is 826 Å². The van der Waals surface area contributed by atoms with Crippen molar-refractivity contribution in [2.45, 2.75) is 102 Å². The van der Waals surface area contributed by atoms with Gasteiger partial charge in [-0.05, 0) is 139 Å². The first-order valence-corrected chi connectivity index (χ1v) is 40.1. The first-order chi connectivity index (χ1) is 59.6. The summed E-state index contributed by atoms with van der Waals surface area (Å²) in [7, 11) is 10.4. The van der Waals surface area contributed by atoms with Gasteiger partial charge in [0.1, 0.15) is 44.3 Å². The van der Waals surface area contributed by atoms with Gasteiger partial charge in [0, 0.05) is 101 Å². The number of nitrogen functional groups attached to an aromatic ring is 1. The second-order valence-electron chi connectivity index (χ2n) is 28.0. The van der Waals surface area contributed by atoms with Crippen LogP contribution in [0.5, 0.6) is 0 Å². The minimum atomic E-state index is -4.67. The fourth-order valence-corrected chi connectivity index (χ4v) is 14.1. The van der Waals surface area contributed by atoms with Crippen molar-refractivity contribution in [2.75, 3.05) is 85.4 Å². The smallest absolute Gasteiger partial charge is 1.00 e. The molecule has 0 bridgehead atoms. The van der Waals surface area contributed by atoms with E-state index in [9.17, 15) is 83.2 Å². The van der Waals surface area contributed by atoms with Gasteiger partial charge in [-0.2, -0.15) is 39.5 Å². The van der Waals surface area contributed by atoms with Crippen LogP contribution in [0.4, 0.5) is 50.9 Å². The molecule has 6 aromatic carbocycles. The molecule has 5 aliphatic heterocycles. The number of terminal acetylenes is 1. The molecule has 43 heteroatoms. The molecular weight excluding hydrogens is 1900 g/mol. The summed E-state index contributed by atoms with van der Waals surface area (Å²) in [6, 6.07) is 44.0. The molecule has 5 saturated heterocycles. The molecule has 0 aliphatic carbocycles. The molecule has 0 amide bonds. The molecule has 9 aromatic rings. The number of non-ortho nitro benzene ring substituents is 1. The molecule has 677 valence electrons. The van der Waals surface area contributed by atoms with Crippen LogP contribution in [0.2, 0.25) is 15.6 Å². The third-order valence-corrected chi connectivity index (χ3v) is 20.9. The van der Waals surface area contributed by atoms with Crippen LogP contribution in [0.15, 0.2) is 164 Å². The van der Waals surface area contributed by atoms with Gasteiger partial charge in [0.05, 0.1) is 62.9 Å². The van der Waals surface area contributed by atoms with Gasteiger partial charge < -0.3 is 64.7 Å². The van der Waals surface area contributed by atoms with Crippen LogP contribution in [0.25, 0.3) is 0 Å². The number of halogens is 13. The fourth-order valence-electron chi connectivity index (χ4n) is 12.4. The van der Waals surface area contributed by atoms with Gasteiger partial charge in [0.15, 0.2) is 0 Å². The minimum Gasteiger partial charge on any atom is -1.00 e. The molecule has 0 saturated carbocycles. The van der Waals surface area contributed by atoms with Crippen molar-refractivity contribution >= 4 is 149 Å². The molecule has 5 aliphatic rings. The molecule has 24 nitrogen and oxygen atoms in total. The van der Waals surface area contributed by atoms with Crippen LogP contribution in [0, 0.1) is 34.3 Å². The number of methoxy groups -OCH3 is 2. The zero-order valence-corrected chi connectivity index (χ0v) is 75.1. The first-order valence-electron chi connectivity index (χ1n) is 37.7. The summed E-state index contributed by atoms with van der Waals surface area (Å²) >= 11 is 18.3. The summed E-state index contributed by atoms with van der Waals surface area (Å²) in [4.78, 5) is 115. The van der Waals surface area contributed by atoms with Crippen molar-refractivity contribution in [1.82, 2.24) is 54.0 Å². The van der Waals surface area contributed by atoms with Gasteiger partial charge in [-0.15, -0.1) is 6.42 Å². The van der Waals surface area contributed by atoms with Crippen molar-refractivity contribution in [2.24, 2.45) is 0 Å².